The molecule has 0 bridgehead atoms. The molecular formula is C28H32FN7O3. The van der Waals surface area contributed by atoms with Crippen molar-refractivity contribution in [3.05, 3.63) is 70.0 Å². The van der Waals surface area contributed by atoms with Gasteiger partial charge in [0.25, 0.3) is 5.56 Å². The summed E-state index contributed by atoms with van der Waals surface area (Å²) in [5.74, 6) is 1.57. The average molecular weight is 534 g/mol. The zero-order valence-corrected chi connectivity index (χ0v) is 22.1. The molecule has 1 saturated carbocycles. The van der Waals surface area contributed by atoms with Crippen LogP contribution in [0.5, 0.6) is 11.5 Å². The lowest BCUT2D eigenvalue weighted by Gasteiger charge is -2.39. The number of aromatic amines is 1. The van der Waals surface area contributed by atoms with E-state index in [4.69, 9.17) is 9.47 Å². The van der Waals surface area contributed by atoms with E-state index >= 15 is 0 Å². The molecule has 10 nitrogen and oxygen atoms in total. The third kappa shape index (κ3) is 4.82. The molecule has 0 amide bonds. The fraction of sp³-hybridized carbons (Fsp3) is 0.429. The van der Waals surface area contributed by atoms with Crippen LogP contribution >= 0.6 is 0 Å². The van der Waals surface area contributed by atoms with Gasteiger partial charge in [-0.3, -0.25) is 9.69 Å². The SMILES string of the molecule is COc1cc2cc([C@@H](c3nnnn3C3CCCC3)N3CCN(c4ccc(F)cc4)CC3)c(=O)[nH]c2cc1OC. The molecule has 0 unspecified atom stereocenters. The lowest BCUT2D eigenvalue weighted by molar-refractivity contribution is 0.197. The van der Waals surface area contributed by atoms with Crippen molar-refractivity contribution in [2.75, 3.05) is 45.3 Å². The third-order valence-electron chi connectivity index (χ3n) is 7.98. The highest BCUT2D eigenvalue weighted by atomic mass is 19.1. The average Bonchev–Trinajstić information content (AvgIpc) is 3.66. The van der Waals surface area contributed by atoms with Crippen LogP contribution in [0.15, 0.2) is 47.3 Å². The number of fused-ring (bicyclic) bond motifs is 1. The summed E-state index contributed by atoms with van der Waals surface area (Å²) < 4.78 is 26.4. The van der Waals surface area contributed by atoms with Gasteiger partial charge in [-0.15, -0.1) is 5.10 Å². The molecule has 1 atom stereocenters. The molecule has 1 saturated heterocycles. The second-order valence-electron chi connectivity index (χ2n) is 10.2. The third-order valence-corrected chi connectivity index (χ3v) is 7.98. The van der Waals surface area contributed by atoms with Gasteiger partial charge in [0, 0.05) is 48.9 Å². The second kappa shape index (κ2) is 10.6. The Labute approximate surface area is 225 Å². The van der Waals surface area contributed by atoms with Gasteiger partial charge in [-0.2, -0.15) is 0 Å². The van der Waals surface area contributed by atoms with Gasteiger partial charge in [-0.05, 0) is 59.7 Å². The Bertz CT molecular complexity index is 1510. The number of H-pyrrole nitrogens is 1. The lowest BCUT2D eigenvalue weighted by atomic mass is 10.0. The Hall–Kier alpha value is -3.99. The Morgan fingerprint density at radius 3 is 2.36 bits per heavy atom. The molecule has 4 aromatic rings. The summed E-state index contributed by atoms with van der Waals surface area (Å²) in [6.45, 7) is 2.82. The number of hydrogen-bond donors (Lipinski definition) is 1. The molecule has 39 heavy (non-hydrogen) atoms. The van der Waals surface area contributed by atoms with E-state index in [2.05, 4.69) is 30.3 Å². The van der Waals surface area contributed by atoms with E-state index in [1.165, 1.54) is 12.1 Å². The van der Waals surface area contributed by atoms with E-state index in [1.807, 2.05) is 16.8 Å². The van der Waals surface area contributed by atoms with Gasteiger partial charge in [-0.1, -0.05) is 12.8 Å². The first-order valence-corrected chi connectivity index (χ1v) is 13.4. The highest BCUT2D eigenvalue weighted by Gasteiger charge is 2.35. The monoisotopic (exact) mass is 533 g/mol. The molecule has 3 heterocycles. The van der Waals surface area contributed by atoms with Crippen molar-refractivity contribution < 1.29 is 13.9 Å². The van der Waals surface area contributed by atoms with Crippen molar-refractivity contribution in [1.82, 2.24) is 30.1 Å². The maximum absolute atomic E-state index is 13.6. The van der Waals surface area contributed by atoms with Gasteiger partial charge in [0.2, 0.25) is 0 Å². The van der Waals surface area contributed by atoms with Gasteiger partial charge in [0.05, 0.1) is 25.8 Å². The molecule has 0 spiro atoms. The molecule has 204 valence electrons. The number of anilines is 1. The molecule has 2 fully saturated rings. The van der Waals surface area contributed by atoms with E-state index in [0.717, 1.165) is 49.8 Å². The van der Waals surface area contributed by atoms with Crippen LogP contribution in [-0.2, 0) is 0 Å². The van der Waals surface area contributed by atoms with Crippen LogP contribution in [0.3, 0.4) is 0 Å². The Morgan fingerprint density at radius 2 is 1.67 bits per heavy atom. The first kappa shape index (κ1) is 25.3. The summed E-state index contributed by atoms with van der Waals surface area (Å²) in [6.07, 6.45) is 4.33. The number of aromatic nitrogens is 5. The maximum Gasteiger partial charge on any atom is 0.253 e. The standard InChI is InChI=1S/C28H32FN7O3/c1-38-24-16-18-15-22(28(37)30-23(18)17-25(24)39-2)26(27-31-32-33-36(27)21-5-3-4-6-21)35-13-11-34(12-14-35)20-9-7-19(29)8-10-20/h7-10,15-17,21,26H,3-6,11-14H2,1-2H3,(H,30,37)/t26-/m0/s1. The van der Waals surface area contributed by atoms with Gasteiger partial charge in [-0.25, -0.2) is 9.07 Å². The van der Waals surface area contributed by atoms with Gasteiger partial charge in [0.15, 0.2) is 17.3 Å². The smallest absolute Gasteiger partial charge is 0.253 e. The molecule has 0 radical (unpaired) electrons. The first-order chi connectivity index (χ1) is 19.1. The summed E-state index contributed by atoms with van der Waals surface area (Å²) >= 11 is 0. The number of pyridine rings is 1. The highest BCUT2D eigenvalue weighted by Crippen LogP contribution is 2.36. The van der Waals surface area contributed by atoms with Crippen molar-refractivity contribution in [3.8, 4) is 11.5 Å². The lowest BCUT2D eigenvalue weighted by Crippen LogP contribution is -2.49. The maximum atomic E-state index is 13.6. The summed E-state index contributed by atoms with van der Waals surface area (Å²) in [5, 5.41) is 13.8. The number of tetrazole rings is 1. The summed E-state index contributed by atoms with van der Waals surface area (Å²) in [5.41, 5.74) is 2.03. The second-order valence-corrected chi connectivity index (χ2v) is 10.2. The minimum Gasteiger partial charge on any atom is -0.493 e. The molecule has 2 aromatic carbocycles. The summed E-state index contributed by atoms with van der Waals surface area (Å²) in [7, 11) is 3.16. The van der Waals surface area contributed by atoms with Crippen LogP contribution in [0.1, 0.15) is 49.2 Å². The summed E-state index contributed by atoms with van der Waals surface area (Å²) in [4.78, 5) is 21.2. The number of rotatable bonds is 7. The van der Waals surface area contributed by atoms with E-state index in [1.54, 1.807) is 32.4 Å². The number of ether oxygens (including phenoxy) is 2. The van der Waals surface area contributed by atoms with Crippen molar-refractivity contribution in [2.45, 2.75) is 37.8 Å². The zero-order valence-electron chi connectivity index (χ0n) is 22.1. The molecular weight excluding hydrogens is 501 g/mol. The van der Waals surface area contributed by atoms with E-state index in [-0.39, 0.29) is 17.4 Å². The Morgan fingerprint density at radius 1 is 0.974 bits per heavy atom. The van der Waals surface area contributed by atoms with Crippen molar-refractivity contribution in [1.29, 1.82) is 0 Å². The predicted molar refractivity (Wildman–Crippen MR) is 145 cm³/mol. The summed E-state index contributed by atoms with van der Waals surface area (Å²) in [6, 6.07) is 11.9. The van der Waals surface area contributed by atoms with Crippen LogP contribution in [-0.4, -0.2) is 70.5 Å². The number of piperazine rings is 1. The highest BCUT2D eigenvalue weighted by molar-refractivity contribution is 5.83. The largest absolute Gasteiger partial charge is 0.493 e. The molecule has 2 aromatic heterocycles. The van der Waals surface area contributed by atoms with E-state index in [0.29, 0.717) is 41.5 Å². The zero-order chi connectivity index (χ0) is 26.9. The molecule has 1 aliphatic carbocycles. The van der Waals surface area contributed by atoms with Crippen molar-refractivity contribution in [2.24, 2.45) is 0 Å². The minimum atomic E-state index is -0.433. The van der Waals surface area contributed by atoms with Gasteiger partial charge < -0.3 is 19.4 Å². The normalized spacial score (nSPS) is 17.6. The Balaban J connectivity index is 1.40. The molecule has 1 N–H and O–H groups in total. The number of methoxy groups -OCH3 is 2. The topological polar surface area (TPSA) is 101 Å². The van der Waals surface area contributed by atoms with Crippen LogP contribution < -0.4 is 19.9 Å². The number of halogens is 1. The fourth-order valence-electron chi connectivity index (χ4n) is 5.93. The van der Waals surface area contributed by atoms with Crippen LogP contribution in [0.25, 0.3) is 10.9 Å². The minimum absolute atomic E-state index is 0.193. The molecule has 1 aliphatic heterocycles. The van der Waals surface area contributed by atoms with Crippen LogP contribution in [0, 0.1) is 5.82 Å². The number of nitrogens with zero attached hydrogens (tertiary/aromatic N) is 6. The van der Waals surface area contributed by atoms with Crippen molar-refractivity contribution in [3.63, 3.8) is 0 Å². The van der Waals surface area contributed by atoms with Gasteiger partial charge in [0.1, 0.15) is 11.9 Å². The van der Waals surface area contributed by atoms with E-state index in [9.17, 15) is 9.18 Å². The van der Waals surface area contributed by atoms with Crippen molar-refractivity contribution >= 4 is 16.6 Å². The Kier molecular flexibility index (Phi) is 6.90. The number of benzene rings is 2. The van der Waals surface area contributed by atoms with Crippen LogP contribution in [0.4, 0.5) is 10.1 Å². The van der Waals surface area contributed by atoms with E-state index < -0.39 is 6.04 Å². The predicted octanol–water partition coefficient (Wildman–Crippen LogP) is 3.70. The van der Waals surface area contributed by atoms with Gasteiger partial charge >= 0.3 is 0 Å². The molecule has 6 rings (SSSR count). The first-order valence-electron chi connectivity index (χ1n) is 13.4. The number of nitrogens with one attached hydrogen (secondary N) is 1. The van der Waals surface area contributed by atoms with Crippen LogP contribution in [0.2, 0.25) is 0 Å². The number of hydrogen-bond acceptors (Lipinski definition) is 8. The molecule has 11 heteroatoms. The quantitative estimate of drug-likeness (QED) is 0.384. The molecule has 2 aliphatic rings. The fourth-order valence-corrected chi connectivity index (χ4v) is 5.93.